The summed E-state index contributed by atoms with van der Waals surface area (Å²) in [7, 11) is 1.60. The molecular weight excluding hydrogens is 408 g/mol. The highest BCUT2D eigenvalue weighted by Gasteiger charge is 2.36. The molecule has 0 unspecified atom stereocenters. The Balaban J connectivity index is 1.50. The smallest absolute Gasteiger partial charge is 0.338 e. The molecule has 0 saturated carbocycles. The number of nitrogens with zero attached hydrogens (tertiary/aromatic N) is 2. The summed E-state index contributed by atoms with van der Waals surface area (Å²) in [4.78, 5) is 53.2. The predicted molar refractivity (Wildman–Crippen MR) is 119 cm³/mol. The second-order valence-electron chi connectivity index (χ2n) is 7.32. The number of rotatable bonds is 5. The molecule has 0 bridgehead atoms. The maximum Gasteiger partial charge on any atom is 0.338 e. The number of benzene rings is 3. The molecule has 1 aliphatic heterocycles. The number of hydrogen-bond donors (Lipinski definition) is 0. The monoisotopic (exact) mass is 428 g/mol. The first-order chi connectivity index (χ1) is 15.4. The summed E-state index contributed by atoms with van der Waals surface area (Å²) >= 11 is 0. The molecule has 0 N–H and O–H groups in total. The second-order valence-corrected chi connectivity index (χ2v) is 7.32. The number of anilines is 2. The molecule has 1 heterocycles. The third-order valence-corrected chi connectivity index (χ3v) is 5.24. The van der Waals surface area contributed by atoms with Crippen LogP contribution in [0.3, 0.4) is 0 Å². The largest absolute Gasteiger partial charge is 0.449 e. The molecule has 0 fully saturated rings. The van der Waals surface area contributed by atoms with Crippen molar-refractivity contribution in [2.45, 2.75) is 13.0 Å². The molecule has 4 rings (SSSR count). The average Bonchev–Trinajstić information content (AvgIpc) is 3.08. The van der Waals surface area contributed by atoms with Crippen LogP contribution in [0.25, 0.3) is 0 Å². The van der Waals surface area contributed by atoms with E-state index in [1.54, 1.807) is 67.7 Å². The van der Waals surface area contributed by atoms with Crippen LogP contribution in [0.4, 0.5) is 11.4 Å². The molecule has 0 aliphatic carbocycles. The maximum atomic E-state index is 12.7. The summed E-state index contributed by atoms with van der Waals surface area (Å²) in [5.74, 6) is -2.03. The zero-order valence-corrected chi connectivity index (χ0v) is 17.5. The molecule has 160 valence electrons. The van der Waals surface area contributed by atoms with E-state index in [4.69, 9.17) is 4.74 Å². The summed E-state index contributed by atoms with van der Waals surface area (Å²) in [5.41, 5.74) is 1.68. The molecular formula is C25H20N2O5. The van der Waals surface area contributed by atoms with Gasteiger partial charge in [0.2, 0.25) is 0 Å². The first kappa shape index (κ1) is 21.0. The number of imide groups is 1. The third kappa shape index (κ3) is 3.76. The fraction of sp³-hybridized carbons (Fsp3) is 0.120. The molecule has 0 spiro atoms. The normalized spacial score (nSPS) is 13.5. The molecule has 0 radical (unpaired) electrons. The van der Waals surface area contributed by atoms with Gasteiger partial charge in [-0.3, -0.25) is 14.4 Å². The molecule has 3 aromatic rings. The lowest BCUT2D eigenvalue weighted by Gasteiger charge is -2.21. The van der Waals surface area contributed by atoms with Crippen LogP contribution in [0.5, 0.6) is 0 Å². The van der Waals surface area contributed by atoms with E-state index in [0.717, 1.165) is 4.90 Å². The SMILES string of the molecule is C[C@@H](OC(=O)c1cccc(N2C(=O)c3ccccc3C2=O)c1)C(=O)N(C)c1ccccc1. The zero-order valence-electron chi connectivity index (χ0n) is 17.5. The van der Waals surface area contributed by atoms with E-state index in [1.165, 1.54) is 24.0 Å². The number of hydrogen-bond acceptors (Lipinski definition) is 5. The lowest BCUT2D eigenvalue weighted by atomic mass is 10.1. The Kier molecular flexibility index (Phi) is 5.55. The van der Waals surface area contributed by atoms with Crippen molar-refractivity contribution in [3.63, 3.8) is 0 Å². The topological polar surface area (TPSA) is 84.0 Å². The van der Waals surface area contributed by atoms with E-state index in [9.17, 15) is 19.2 Å². The fourth-order valence-corrected chi connectivity index (χ4v) is 3.53. The van der Waals surface area contributed by atoms with Crippen molar-refractivity contribution < 1.29 is 23.9 Å². The van der Waals surface area contributed by atoms with Crippen LogP contribution in [0.2, 0.25) is 0 Å². The van der Waals surface area contributed by atoms with Crippen LogP contribution >= 0.6 is 0 Å². The lowest BCUT2D eigenvalue weighted by Crippen LogP contribution is -2.37. The first-order valence-corrected chi connectivity index (χ1v) is 10.00. The number of carbonyl (C=O) groups is 4. The van der Waals surface area contributed by atoms with Gasteiger partial charge < -0.3 is 9.64 Å². The highest BCUT2D eigenvalue weighted by atomic mass is 16.5. The van der Waals surface area contributed by atoms with Crippen LogP contribution in [0, 0.1) is 0 Å². The van der Waals surface area contributed by atoms with Crippen LogP contribution in [-0.4, -0.2) is 36.8 Å². The highest BCUT2D eigenvalue weighted by molar-refractivity contribution is 6.34. The second kappa shape index (κ2) is 8.47. The van der Waals surface area contributed by atoms with Gasteiger partial charge in [0.25, 0.3) is 17.7 Å². The number of carbonyl (C=O) groups excluding carboxylic acids is 4. The van der Waals surface area contributed by atoms with Gasteiger partial charge in [-0.15, -0.1) is 0 Å². The van der Waals surface area contributed by atoms with Gasteiger partial charge in [0.05, 0.1) is 22.4 Å². The predicted octanol–water partition coefficient (Wildman–Crippen LogP) is 3.70. The van der Waals surface area contributed by atoms with Gasteiger partial charge in [0, 0.05) is 12.7 Å². The Morgan fingerprint density at radius 2 is 1.44 bits per heavy atom. The van der Waals surface area contributed by atoms with Gasteiger partial charge in [-0.2, -0.15) is 0 Å². The molecule has 7 nitrogen and oxygen atoms in total. The summed E-state index contributed by atoms with van der Waals surface area (Å²) in [6.07, 6.45) is -1.03. The molecule has 1 atom stereocenters. The number of esters is 1. The van der Waals surface area contributed by atoms with E-state index in [0.29, 0.717) is 16.8 Å². The lowest BCUT2D eigenvalue weighted by molar-refractivity contribution is -0.126. The third-order valence-electron chi connectivity index (χ3n) is 5.24. The number of amides is 3. The van der Waals surface area contributed by atoms with Gasteiger partial charge in [0.15, 0.2) is 6.10 Å². The van der Waals surface area contributed by atoms with Crippen molar-refractivity contribution in [3.8, 4) is 0 Å². The minimum absolute atomic E-state index is 0.126. The summed E-state index contributed by atoms with van der Waals surface area (Å²) in [6.45, 7) is 1.49. The van der Waals surface area contributed by atoms with Crippen molar-refractivity contribution in [1.82, 2.24) is 0 Å². The minimum atomic E-state index is -1.03. The van der Waals surface area contributed by atoms with Gasteiger partial charge >= 0.3 is 5.97 Å². The van der Waals surface area contributed by atoms with E-state index >= 15 is 0 Å². The van der Waals surface area contributed by atoms with E-state index in [1.807, 2.05) is 6.07 Å². The number of ether oxygens (including phenoxy) is 1. The average molecular weight is 428 g/mol. The summed E-state index contributed by atoms with van der Waals surface area (Å²) < 4.78 is 5.36. The fourth-order valence-electron chi connectivity index (χ4n) is 3.53. The zero-order chi connectivity index (χ0) is 22.8. The molecule has 0 saturated heterocycles. The van der Waals surface area contributed by atoms with E-state index in [-0.39, 0.29) is 17.2 Å². The molecule has 32 heavy (non-hydrogen) atoms. The quantitative estimate of drug-likeness (QED) is 0.457. The molecule has 3 amide bonds. The van der Waals surface area contributed by atoms with E-state index in [2.05, 4.69) is 0 Å². The molecule has 3 aromatic carbocycles. The van der Waals surface area contributed by atoms with Crippen molar-refractivity contribution in [1.29, 1.82) is 0 Å². The minimum Gasteiger partial charge on any atom is -0.449 e. The van der Waals surface area contributed by atoms with Crippen molar-refractivity contribution in [2.75, 3.05) is 16.8 Å². The Bertz CT molecular complexity index is 1190. The molecule has 7 heteroatoms. The Morgan fingerprint density at radius 1 is 0.844 bits per heavy atom. The van der Waals surface area contributed by atoms with Crippen LogP contribution < -0.4 is 9.80 Å². The van der Waals surface area contributed by atoms with Crippen molar-refractivity contribution in [3.05, 3.63) is 95.6 Å². The van der Waals surface area contributed by atoms with Crippen molar-refractivity contribution in [2.24, 2.45) is 0 Å². The Labute approximate surface area is 184 Å². The Hall–Kier alpha value is -4.26. The highest BCUT2D eigenvalue weighted by Crippen LogP contribution is 2.29. The van der Waals surface area contributed by atoms with Crippen LogP contribution in [0.15, 0.2) is 78.9 Å². The molecule has 1 aliphatic rings. The van der Waals surface area contributed by atoms with Gasteiger partial charge in [-0.05, 0) is 49.4 Å². The first-order valence-electron chi connectivity index (χ1n) is 10.00. The number of fused-ring (bicyclic) bond motifs is 1. The van der Waals surface area contributed by atoms with Gasteiger partial charge in [-0.1, -0.05) is 36.4 Å². The van der Waals surface area contributed by atoms with Crippen molar-refractivity contribution >= 4 is 35.1 Å². The van der Waals surface area contributed by atoms with Gasteiger partial charge in [0.1, 0.15) is 0 Å². The van der Waals surface area contributed by atoms with Gasteiger partial charge in [-0.25, -0.2) is 9.69 Å². The summed E-state index contributed by atoms with van der Waals surface area (Å²) in [5, 5.41) is 0. The molecule has 0 aromatic heterocycles. The summed E-state index contributed by atoms with van der Waals surface area (Å²) in [6, 6.07) is 21.6. The maximum absolute atomic E-state index is 12.7. The Morgan fingerprint density at radius 3 is 2.06 bits per heavy atom. The standard InChI is InChI=1S/C25H20N2O5/c1-16(22(28)26(2)18-10-4-3-5-11-18)32-25(31)17-9-8-12-19(15-17)27-23(29)20-13-6-7-14-21(20)24(27)30/h3-16H,1-2H3/t16-/m1/s1. The van der Waals surface area contributed by atoms with E-state index < -0.39 is 23.9 Å². The van der Waals surface area contributed by atoms with Crippen LogP contribution in [-0.2, 0) is 9.53 Å². The number of para-hydroxylation sites is 1. The van der Waals surface area contributed by atoms with Crippen LogP contribution in [0.1, 0.15) is 38.0 Å². The number of likely N-dealkylation sites (N-methyl/N-ethyl adjacent to an activating group) is 1.